The fourth-order valence-corrected chi connectivity index (χ4v) is 4.39. The van der Waals surface area contributed by atoms with Crippen LogP contribution in [0.25, 0.3) is 0 Å². The van der Waals surface area contributed by atoms with Gasteiger partial charge >= 0.3 is 5.97 Å². The second-order valence-corrected chi connectivity index (χ2v) is 10.5. The van der Waals surface area contributed by atoms with Crippen LogP contribution in [0.15, 0.2) is 72.8 Å². The van der Waals surface area contributed by atoms with Gasteiger partial charge in [-0.2, -0.15) is 0 Å². The molecule has 0 aliphatic heterocycles. The van der Waals surface area contributed by atoms with Crippen molar-refractivity contribution < 1.29 is 29.0 Å². The number of primary amides is 1. The summed E-state index contributed by atoms with van der Waals surface area (Å²) >= 11 is 0. The van der Waals surface area contributed by atoms with Gasteiger partial charge in [-0.1, -0.05) is 70.2 Å². The Hall–Kier alpha value is -3.29. The SMILES string of the molecule is CCN(CC)CCONc1ccc(OCCN(CC)CC)cc1C(N)=O.Cl.Cl.Cl.N[C@H](Cc1ccc(OCc2ccccc2)cc1)C(=O)O. The van der Waals surface area contributed by atoms with Crippen LogP contribution in [0.1, 0.15) is 49.2 Å². The molecule has 14 heteroatoms. The normalized spacial score (nSPS) is 10.8. The lowest BCUT2D eigenvalue weighted by atomic mass is 10.1. The second kappa shape index (κ2) is 27.5. The van der Waals surface area contributed by atoms with Crippen molar-refractivity contribution in [1.29, 1.82) is 0 Å². The maximum Gasteiger partial charge on any atom is 0.320 e. The molecule has 0 aliphatic rings. The predicted molar refractivity (Wildman–Crippen MR) is 204 cm³/mol. The lowest BCUT2D eigenvalue weighted by molar-refractivity contribution is -0.138. The van der Waals surface area contributed by atoms with Gasteiger partial charge in [0.15, 0.2) is 0 Å². The maximum atomic E-state index is 11.7. The van der Waals surface area contributed by atoms with Gasteiger partial charge in [-0.05, 0) is 74.1 Å². The molecule has 0 heterocycles. The number of amides is 1. The number of carboxylic acid groups (broad SMARTS) is 1. The van der Waals surface area contributed by atoms with Crippen LogP contribution in [0.3, 0.4) is 0 Å². The molecule has 0 aliphatic carbocycles. The van der Waals surface area contributed by atoms with Gasteiger partial charge < -0.3 is 35.8 Å². The van der Waals surface area contributed by atoms with Crippen molar-refractivity contribution >= 4 is 54.8 Å². The minimum atomic E-state index is -0.991. The minimum absolute atomic E-state index is 0. The third-order valence-electron chi connectivity index (χ3n) is 7.36. The van der Waals surface area contributed by atoms with E-state index in [1.807, 2.05) is 60.7 Å². The van der Waals surface area contributed by atoms with Crippen molar-refractivity contribution in [1.82, 2.24) is 9.80 Å². The van der Waals surface area contributed by atoms with Crippen LogP contribution in [0.4, 0.5) is 5.69 Å². The molecular weight excluding hydrogens is 693 g/mol. The molecule has 0 unspecified atom stereocenters. The van der Waals surface area contributed by atoms with Gasteiger partial charge in [0.1, 0.15) is 30.8 Å². The Morgan fingerprint density at radius 3 is 1.84 bits per heavy atom. The Morgan fingerprint density at radius 1 is 0.755 bits per heavy atom. The first-order valence-corrected chi connectivity index (χ1v) is 15.8. The summed E-state index contributed by atoms with van der Waals surface area (Å²) in [5, 5.41) is 8.76. The highest BCUT2D eigenvalue weighted by Crippen LogP contribution is 2.22. The molecular formula is C35H54Cl3N5O6. The number of hydrogen-bond donors (Lipinski definition) is 4. The maximum absolute atomic E-state index is 11.7. The number of nitrogens with zero attached hydrogens (tertiary/aromatic N) is 2. The number of ether oxygens (including phenoxy) is 2. The molecule has 0 saturated heterocycles. The number of rotatable bonds is 20. The van der Waals surface area contributed by atoms with Crippen molar-refractivity contribution in [3.05, 3.63) is 89.5 Å². The number of benzene rings is 3. The number of anilines is 1. The zero-order chi connectivity index (χ0) is 33.7. The standard InChI is InChI=1S/C19H34N4O3.C16H17NO3.3ClH/c1-5-22(6-2)11-13-25-16-9-10-18(17(15-16)19(20)24)21-26-14-12-23(7-3)8-4;17-15(16(18)19)10-12-6-8-14(9-7-12)20-11-13-4-2-1-3-5-13;;;/h9-10,15,21H,5-8,11-14H2,1-4H3,(H2,20,24);1-9,15H,10-11,17H2,(H,18,19);3*1H/t;15-;;;/m.1.../s1. The summed E-state index contributed by atoms with van der Waals surface area (Å²) in [7, 11) is 0. The molecule has 11 nitrogen and oxygen atoms in total. The molecule has 1 atom stereocenters. The number of hydrogen-bond acceptors (Lipinski definition) is 9. The molecule has 3 rings (SSSR count). The predicted octanol–water partition coefficient (Wildman–Crippen LogP) is 5.68. The third kappa shape index (κ3) is 18.9. The Morgan fingerprint density at radius 2 is 1.31 bits per heavy atom. The summed E-state index contributed by atoms with van der Waals surface area (Å²) in [6.07, 6.45) is 0.314. The monoisotopic (exact) mass is 745 g/mol. The van der Waals surface area contributed by atoms with Crippen LogP contribution < -0.4 is 26.4 Å². The lowest BCUT2D eigenvalue weighted by Crippen LogP contribution is -2.32. The van der Waals surface area contributed by atoms with Crippen molar-refractivity contribution in [2.75, 3.05) is 58.0 Å². The van der Waals surface area contributed by atoms with Gasteiger partial charge in [0.25, 0.3) is 5.91 Å². The number of nitrogens with two attached hydrogens (primary N) is 2. The molecule has 6 N–H and O–H groups in total. The molecule has 0 fully saturated rings. The van der Waals surface area contributed by atoms with E-state index < -0.39 is 17.9 Å². The summed E-state index contributed by atoms with van der Waals surface area (Å²) in [5.41, 5.74) is 16.7. The van der Waals surface area contributed by atoms with Crippen LogP contribution >= 0.6 is 37.2 Å². The number of nitrogens with one attached hydrogen (secondary N) is 1. The van der Waals surface area contributed by atoms with E-state index in [0.29, 0.717) is 43.2 Å². The van der Waals surface area contributed by atoms with Gasteiger partial charge in [0.2, 0.25) is 0 Å². The average Bonchev–Trinajstić information content (AvgIpc) is 3.07. The minimum Gasteiger partial charge on any atom is -0.492 e. The van der Waals surface area contributed by atoms with E-state index in [2.05, 4.69) is 43.0 Å². The van der Waals surface area contributed by atoms with Gasteiger partial charge in [-0.3, -0.25) is 19.9 Å². The molecule has 0 spiro atoms. The highest BCUT2D eigenvalue weighted by molar-refractivity contribution is 5.98. The first kappa shape index (κ1) is 47.8. The summed E-state index contributed by atoms with van der Waals surface area (Å²) in [4.78, 5) is 32.4. The highest BCUT2D eigenvalue weighted by atomic mass is 35.5. The van der Waals surface area contributed by atoms with E-state index in [1.54, 1.807) is 12.1 Å². The first-order chi connectivity index (χ1) is 22.2. The zero-order valence-corrected chi connectivity index (χ0v) is 31.3. The van der Waals surface area contributed by atoms with Gasteiger partial charge in [-0.15, -0.1) is 37.2 Å². The summed E-state index contributed by atoms with van der Waals surface area (Å²) in [6, 6.07) is 21.6. The summed E-state index contributed by atoms with van der Waals surface area (Å²) in [6.45, 7) is 15.6. The van der Waals surface area contributed by atoms with Gasteiger partial charge in [0, 0.05) is 13.1 Å². The molecule has 3 aromatic carbocycles. The van der Waals surface area contributed by atoms with Gasteiger partial charge in [-0.25, -0.2) is 0 Å². The number of aliphatic carboxylic acids is 1. The summed E-state index contributed by atoms with van der Waals surface area (Å²) in [5.74, 6) is -0.135. The van der Waals surface area contributed by atoms with E-state index in [9.17, 15) is 9.59 Å². The average molecular weight is 747 g/mol. The first-order valence-electron chi connectivity index (χ1n) is 15.8. The topological polar surface area (TPSA) is 153 Å². The van der Waals surface area contributed by atoms with Crippen LogP contribution in [0, 0.1) is 0 Å². The van der Waals surface area contributed by atoms with Crippen LogP contribution in [0.5, 0.6) is 11.5 Å². The van der Waals surface area contributed by atoms with Gasteiger partial charge in [0.05, 0.1) is 17.9 Å². The van der Waals surface area contributed by atoms with E-state index >= 15 is 0 Å². The number of carboxylic acids is 1. The second-order valence-electron chi connectivity index (χ2n) is 10.5. The Balaban J connectivity index is 0. The number of halogens is 3. The van der Waals surface area contributed by atoms with Crippen LogP contribution in [-0.2, 0) is 22.7 Å². The number of likely N-dealkylation sites (N-methyl/N-ethyl adjacent to an activating group) is 2. The molecule has 0 saturated carbocycles. The van der Waals surface area contributed by atoms with Crippen molar-refractivity contribution in [2.45, 2.75) is 46.8 Å². The fourth-order valence-electron chi connectivity index (χ4n) is 4.39. The largest absolute Gasteiger partial charge is 0.492 e. The van der Waals surface area contributed by atoms with E-state index in [1.165, 1.54) is 0 Å². The van der Waals surface area contributed by atoms with E-state index in [0.717, 1.165) is 56.1 Å². The molecule has 1 amide bonds. The summed E-state index contributed by atoms with van der Waals surface area (Å²) < 4.78 is 11.4. The number of carbonyl (C=O) groups is 2. The molecule has 276 valence electrons. The fraction of sp³-hybridized carbons (Fsp3) is 0.429. The smallest absolute Gasteiger partial charge is 0.320 e. The molecule has 3 aromatic rings. The van der Waals surface area contributed by atoms with Crippen molar-refractivity contribution in [3.63, 3.8) is 0 Å². The quantitative estimate of drug-likeness (QED) is 0.0840. The molecule has 0 radical (unpaired) electrons. The molecule has 49 heavy (non-hydrogen) atoms. The van der Waals surface area contributed by atoms with Crippen LogP contribution in [0.2, 0.25) is 0 Å². The lowest BCUT2D eigenvalue weighted by Gasteiger charge is -2.19. The van der Waals surface area contributed by atoms with Crippen molar-refractivity contribution in [3.8, 4) is 11.5 Å². The highest BCUT2D eigenvalue weighted by Gasteiger charge is 2.12. The molecule has 0 bridgehead atoms. The zero-order valence-electron chi connectivity index (χ0n) is 28.8. The Kier molecular flexibility index (Phi) is 26.9. The van der Waals surface area contributed by atoms with E-state index in [4.69, 9.17) is 30.9 Å². The third-order valence-corrected chi connectivity index (χ3v) is 7.36. The number of carbonyl (C=O) groups excluding carboxylic acids is 1. The van der Waals surface area contributed by atoms with Crippen molar-refractivity contribution in [2.24, 2.45) is 11.5 Å². The van der Waals surface area contributed by atoms with Crippen LogP contribution in [-0.4, -0.2) is 85.3 Å². The Bertz CT molecular complexity index is 1300. The van der Waals surface area contributed by atoms with E-state index in [-0.39, 0.29) is 37.2 Å². The Labute approximate surface area is 309 Å². The molecule has 0 aromatic heterocycles.